The summed E-state index contributed by atoms with van der Waals surface area (Å²) in [6.45, 7) is 6.02. The van der Waals surface area contributed by atoms with E-state index >= 15 is 0 Å². The number of halogens is 1. The Morgan fingerprint density at radius 3 is 2.79 bits per heavy atom. The summed E-state index contributed by atoms with van der Waals surface area (Å²) in [6, 6.07) is 14.5. The number of benzene rings is 2. The van der Waals surface area contributed by atoms with Gasteiger partial charge in [0.1, 0.15) is 5.82 Å². The first-order valence-corrected chi connectivity index (χ1v) is 8.39. The Bertz CT molecular complexity index is 731. The molecule has 0 bridgehead atoms. The lowest BCUT2D eigenvalue weighted by Gasteiger charge is -2.38. The van der Waals surface area contributed by atoms with E-state index in [1.165, 1.54) is 12.1 Å². The molecule has 2 atom stereocenters. The van der Waals surface area contributed by atoms with E-state index in [0.29, 0.717) is 13.1 Å². The molecule has 0 spiro atoms. The second-order valence-corrected chi connectivity index (χ2v) is 6.44. The third-order valence-corrected chi connectivity index (χ3v) is 4.67. The zero-order valence-electron chi connectivity index (χ0n) is 14.1. The molecule has 1 fully saturated rings. The summed E-state index contributed by atoms with van der Waals surface area (Å²) in [7, 11) is 0. The molecule has 0 saturated carbocycles. The van der Waals surface area contributed by atoms with Gasteiger partial charge in [0, 0.05) is 19.6 Å². The molecule has 2 aromatic rings. The topological polar surface area (TPSA) is 32.3 Å². The molecule has 0 aliphatic carbocycles. The van der Waals surface area contributed by atoms with Gasteiger partial charge in [-0.1, -0.05) is 42.0 Å². The fourth-order valence-corrected chi connectivity index (χ4v) is 3.31. The average molecular weight is 326 g/mol. The number of nitrogens with zero attached hydrogens (tertiary/aromatic N) is 1. The lowest BCUT2D eigenvalue weighted by atomic mass is 9.95. The van der Waals surface area contributed by atoms with E-state index in [-0.39, 0.29) is 23.7 Å². The number of hydrogen-bond donors (Lipinski definition) is 1. The molecule has 4 heteroatoms. The quantitative estimate of drug-likeness (QED) is 0.937. The van der Waals surface area contributed by atoms with E-state index in [2.05, 4.69) is 11.4 Å². The lowest BCUT2D eigenvalue weighted by molar-refractivity contribution is -0.135. The van der Waals surface area contributed by atoms with Crippen molar-refractivity contribution in [3.63, 3.8) is 0 Å². The van der Waals surface area contributed by atoms with Gasteiger partial charge in [-0.25, -0.2) is 4.39 Å². The van der Waals surface area contributed by atoms with Gasteiger partial charge < -0.3 is 10.2 Å². The van der Waals surface area contributed by atoms with Gasteiger partial charge >= 0.3 is 0 Å². The summed E-state index contributed by atoms with van der Waals surface area (Å²) in [5.74, 6) is -0.382. The number of amides is 1. The molecule has 1 amide bonds. The standard InChI is InChI=1S/C20H23FN2O/c1-14-5-3-6-16(11-14)15(2)20(24)23-10-9-22-13-19(23)17-7-4-8-18(21)12-17/h3-8,11-12,15,19,22H,9-10,13H2,1-2H3. The molecule has 2 aromatic carbocycles. The van der Waals surface area contributed by atoms with Crippen molar-refractivity contribution in [2.45, 2.75) is 25.8 Å². The average Bonchev–Trinajstić information content (AvgIpc) is 2.60. The number of rotatable bonds is 3. The molecule has 0 radical (unpaired) electrons. The maximum Gasteiger partial charge on any atom is 0.230 e. The van der Waals surface area contributed by atoms with Crippen molar-refractivity contribution in [3.8, 4) is 0 Å². The minimum atomic E-state index is -0.266. The minimum Gasteiger partial charge on any atom is -0.333 e. The van der Waals surface area contributed by atoms with Crippen molar-refractivity contribution in [1.82, 2.24) is 10.2 Å². The highest BCUT2D eigenvalue weighted by molar-refractivity contribution is 5.84. The van der Waals surface area contributed by atoms with Gasteiger partial charge in [0.2, 0.25) is 5.91 Å². The van der Waals surface area contributed by atoms with Crippen LogP contribution in [0.5, 0.6) is 0 Å². The van der Waals surface area contributed by atoms with Crippen LogP contribution in [0.2, 0.25) is 0 Å². The smallest absolute Gasteiger partial charge is 0.230 e. The summed E-state index contributed by atoms with van der Waals surface area (Å²) in [5.41, 5.74) is 3.01. The zero-order chi connectivity index (χ0) is 17.1. The van der Waals surface area contributed by atoms with Gasteiger partial charge in [-0.2, -0.15) is 0 Å². The first kappa shape index (κ1) is 16.7. The molecule has 3 rings (SSSR count). The summed E-state index contributed by atoms with van der Waals surface area (Å²) >= 11 is 0. The Morgan fingerprint density at radius 1 is 1.25 bits per heavy atom. The molecule has 1 N–H and O–H groups in total. The van der Waals surface area contributed by atoms with Crippen LogP contribution in [0.15, 0.2) is 48.5 Å². The van der Waals surface area contributed by atoms with Crippen LogP contribution < -0.4 is 5.32 Å². The highest BCUT2D eigenvalue weighted by Gasteiger charge is 2.31. The number of nitrogens with one attached hydrogen (secondary N) is 1. The molecule has 1 saturated heterocycles. The van der Waals surface area contributed by atoms with Crippen LogP contribution in [0.25, 0.3) is 0 Å². The number of aryl methyl sites for hydroxylation is 1. The van der Waals surface area contributed by atoms with Crippen LogP contribution in [0.1, 0.15) is 35.6 Å². The van der Waals surface area contributed by atoms with Crippen molar-refractivity contribution < 1.29 is 9.18 Å². The molecule has 126 valence electrons. The summed E-state index contributed by atoms with van der Waals surface area (Å²) < 4.78 is 13.6. The normalized spacial score (nSPS) is 19.1. The van der Waals surface area contributed by atoms with Crippen LogP contribution in [-0.2, 0) is 4.79 Å². The zero-order valence-corrected chi connectivity index (χ0v) is 14.1. The van der Waals surface area contributed by atoms with E-state index in [4.69, 9.17) is 0 Å². The molecule has 2 unspecified atom stereocenters. The molecule has 1 aliphatic heterocycles. The summed E-state index contributed by atoms with van der Waals surface area (Å²) in [6.07, 6.45) is 0. The fourth-order valence-electron chi connectivity index (χ4n) is 3.31. The highest BCUT2D eigenvalue weighted by Crippen LogP contribution is 2.28. The first-order chi connectivity index (χ1) is 11.6. The molecule has 1 aliphatic rings. The molecule has 3 nitrogen and oxygen atoms in total. The van der Waals surface area contributed by atoms with Crippen LogP contribution in [-0.4, -0.2) is 30.4 Å². The highest BCUT2D eigenvalue weighted by atomic mass is 19.1. The third-order valence-electron chi connectivity index (χ3n) is 4.67. The molecule has 0 aromatic heterocycles. The van der Waals surface area contributed by atoms with E-state index in [9.17, 15) is 9.18 Å². The first-order valence-electron chi connectivity index (χ1n) is 8.39. The van der Waals surface area contributed by atoms with Crippen molar-refractivity contribution in [2.75, 3.05) is 19.6 Å². The Labute approximate surface area is 142 Å². The maximum absolute atomic E-state index is 13.6. The van der Waals surface area contributed by atoms with Crippen molar-refractivity contribution in [1.29, 1.82) is 0 Å². The Morgan fingerprint density at radius 2 is 2.04 bits per heavy atom. The molecular weight excluding hydrogens is 303 g/mol. The van der Waals surface area contributed by atoms with Crippen LogP contribution in [0.3, 0.4) is 0 Å². The summed E-state index contributed by atoms with van der Waals surface area (Å²) in [5, 5.41) is 3.31. The monoisotopic (exact) mass is 326 g/mol. The molecule has 24 heavy (non-hydrogen) atoms. The van der Waals surface area contributed by atoms with Gasteiger partial charge in [-0.05, 0) is 37.1 Å². The maximum atomic E-state index is 13.6. The van der Waals surface area contributed by atoms with Gasteiger partial charge in [0.25, 0.3) is 0 Å². The largest absolute Gasteiger partial charge is 0.333 e. The van der Waals surface area contributed by atoms with Crippen molar-refractivity contribution >= 4 is 5.91 Å². The Kier molecular flexibility index (Phi) is 4.95. The van der Waals surface area contributed by atoms with E-state index < -0.39 is 0 Å². The minimum absolute atomic E-state index is 0.0939. The predicted molar refractivity (Wildman–Crippen MR) is 93.3 cm³/mol. The van der Waals surface area contributed by atoms with Crippen LogP contribution in [0.4, 0.5) is 4.39 Å². The second kappa shape index (κ2) is 7.14. The summed E-state index contributed by atoms with van der Waals surface area (Å²) in [4.78, 5) is 15.0. The van der Waals surface area contributed by atoms with Gasteiger partial charge in [0.05, 0.1) is 12.0 Å². The lowest BCUT2D eigenvalue weighted by Crippen LogP contribution is -2.49. The van der Waals surface area contributed by atoms with E-state index in [1.54, 1.807) is 6.07 Å². The van der Waals surface area contributed by atoms with Crippen molar-refractivity contribution in [3.05, 3.63) is 71.0 Å². The number of piperazine rings is 1. The van der Waals surface area contributed by atoms with E-state index in [0.717, 1.165) is 23.2 Å². The second-order valence-electron chi connectivity index (χ2n) is 6.44. The fraction of sp³-hybridized carbons (Fsp3) is 0.350. The number of carbonyl (C=O) groups is 1. The van der Waals surface area contributed by atoms with Gasteiger partial charge in [-0.15, -0.1) is 0 Å². The SMILES string of the molecule is Cc1cccc(C(C)C(=O)N2CCNCC2c2cccc(F)c2)c1. The predicted octanol–water partition coefficient (Wildman–Crippen LogP) is 3.41. The van der Waals surface area contributed by atoms with Crippen LogP contribution >= 0.6 is 0 Å². The number of carbonyl (C=O) groups excluding carboxylic acids is 1. The van der Waals surface area contributed by atoms with Gasteiger partial charge in [-0.3, -0.25) is 4.79 Å². The Hall–Kier alpha value is -2.20. The number of hydrogen-bond acceptors (Lipinski definition) is 2. The third kappa shape index (κ3) is 3.49. The Balaban J connectivity index is 1.86. The van der Waals surface area contributed by atoms with Gasteiger partial charge in [0.15, 0.2) is 0 Å². The molecule has 1 heterocycles. The van der Waals surface area contributed by atoms with Crippen molar-refractivity contribution in [2.24, 2.45) is 0 Å². The van der Waals surface area contributed by atoms with Crippen LogP contribution in [0, 0.1) is 12.7 Å². The molecular formula is C20H23FN2O. The van der Waals surface area contributed by atoms with E-state index in [1.807, 2.05) is 43.0 Å².